The van der Waals surface area contributed by atoms with Crippen LogP contribution in [0.1, 0.15) is 11.1 Å². The fourth-order valence-electron chi connectivity index (χ4n) is 2.48. The molecule has 0 bridgehead atoms. The van der Waals surface area contributed by atoms with Gasteiger partial charge in [-0.05, 0) is 29.7 Å². The molecule has 2 aliphatic rings. The van der Waals surface area contributed by atoms with Gasteiger partial charge < -0.3 is 21.3 Å². The van der Waals surface area contributed by atoms with E-state index in [0.29, 0.717) is 13.1 Å². The fraction of sp³-hybridized carbons (Fsp3) is 0.176. The Kier molecular flexibility index (Phi) is 4.42. The van der Waals surface area contributed by atoms with Crippen molar-refractivity contribution in [2.75, 3.05) is 17.2 Å². The number of fused-ring (bicyclic) bond motifs is 2. The summed E-state index contributed by atoms with van der Waals surface area (Å²) >= 11 is 0. The average Bonchev–Trinajstić information content (AvgIpc) is 2.76. The number of hydrogen-bond acceptors (Lipinski definition) is 2. The van der Waals surface area contributed by atoms with E-state index in [9.17, 15) is 9.59 Å². The fourth-order valence-corrected chi connectivity index (χ4v) is 2.48. The molecule has 0 radical (unpaired) electrons. The van der Waals surface area contributed by atoms with Gasteiger partial charge in [0.15, 0.2) is 0 Å². The van der Waals surface area contributed by atoms with Crippen molar-refractivity contribution in [2.45, 2.75) is 13.0 Å². The number of para-hydroxylation sites is 2. The van der Waals surface area contributed by atoms with Crippen LogP contribution in [-0.4, -0.2) is 18.6 Å². The molecule has 2 aliphatic heterocycles. The minimum atomic E-state index is -0.122. The predicted molar refractivity (Wildman–Crippen MR) is 89.5 cm³/mol. The molecule has 2 aromatic rings. The largest absolute Gasteiger partial charge is 0.338 e. The number of urea groups is 2. The van der Waals surface area contributed by atoms with Crippen molar-refractivity contribution < 1.29 is 9.59 Å². The van der Waals surface area contributed by atoms with Crippen molar-refractivity contribution in [1.82, 2.24) is 10.6 Å². The summed E-state index contributed by atoms with van der Waals surface area (Å²) in [4.78, 5) is 21.8. The molecule has 0 aliphatic carbocycles. The van der Waals surface area contributed by atoms with Crippen LogP contribution in [0.3, 0.4) is 0 Å². The number of amides is 4. The molecule has 4 rings (SSSR count). The van der Waals surface area contributed by atoms with Crippen molar-refractivity contribution in [3.05, 3.63) is 59.7 Å². The molecule has 0 spiro atoms. The van der Waals surface area contributed by atoms with Crippen LogP contribution in [0, 0.1) is 0 Å². The van der Waals surface area contributed by atoms with Crippen LogP contribution in [0.2, 0.25) is 0 Å². The van der Waals surface area contributed by atoms with Gasteiger partial charge >= 0.3 is 12.1 Å². The molecular formula is C17H18N4O2. The number of carbonyl (C=O) groups is 2. The topological polar surface area (TPSA) is 82.3 Å². The minimum Gasteiger partial charge on any atom is -0.338 e. The van der Waals surface area contributed by atoms with E-state index in [1.807, 2.05) is 48.5 Å². The van der Waals surface area contributed by atoms with E-state index in [0.717, 1.165) is 23.4 Å². The Morgan fingerprint density at radius 2 is 1.26 bits per heavy atom. The Morgan fingerprint density at radius 3 is 2.00 bits per heavy atom. The number of nitrogens with one attached hydrogen (secondary N) is 4. The summed E-state index contributed by atoms with van der Waals surface area (Å²) in [5.74, 6) is 0. The number of hydrogen-bond donors (Lipinski definition) is 4. The van der Waals surface area contributed by atoms with E-state index in [2.05, 4.69) is 21.3 Å². The maximum atomic E-state index is 11.0. The molecule has 0 aromatic heterocycles. The first kappa shape index (κ1) is 14.9. The maximum absolute atomic E-state index is 11.0. The third-order valence-corrected chi connectivity index (χ3v) is 3.65. The third kappa shape index (κ3) is 3.79. The summed E-state index contributed by atoms with van der Waals surface area (Å²) in [7, 11) is 0. The van der Waals surface area contributed by atoms with E-state index < -0.39 is 0 Å². The number of anilines is 2. The molecule has 4 N–H and O–H groups in total. The van der Waals surface area contributed by atoms with E-state index >= 15 is 0 Å². The first-order valence-electron chi connectivity index (χ1n) is 7.48. The Hall–Kier alpha value is -3.02. The van der Waals surface area contributed by atoms with Gasteiger partial charge in [-0.1, -0.05) is 36.4 Å². The Balaban J connectivity index is 0.000000136. The van der Waals surface area contributed by atoms with E-state index in [-0.39, 0.29) is 12.1 Å². The van der Waals surface area contributed by atoms with Gasteiger partial charge in [-0.3, -0.25) is 0 Å². The highest BCUT2D eigenvalue weighted by molar-refractivity contribution is 5.92. The lowest BCUT2D eigenvalue weighted by Crippen LogP contribution is -2.33. The first-order valence-corrected chi connectivity index (χ1v) is 7.48. The van der Waals surface area contributed by atoms with Gasteiger partial charge in [-0.15, -0.1) is 0 Å². The highest BCUT2D eigenvalue weighted by Crippen LogP contribution is 2.17. The lowest BCUT2D eigenvalue weighted by molar-refractivity contribution is 0.250. The summed E-state index contributed by atoms with van der Waals surface area (Å²) in [5.41, 5.74) is 4.16. The van der Waals surface area contributed by atoms with Gasteiger partial charge in [-0.2, -0.15) is 0 Å². The highest BCUT2D eigenvalue weighted by Gasteiger charge is 2.11. The van der Waals surface area contributed by atoms with E-state index in [4.69, 9.17) is 0 Å². The number of rotatable bonds is 0. The van der Waals surface area contributed by atoms with Gasteiger partial charge in [0.25, 0.3) is 0 Å². The molecule has 118 valence electrons. The zero-order valence-electron chi connectivity index (χ0n) is 12.6. The summed E-state index contributed by atoms with van der Waals surface area (Å²) in [5, 5.41) is 10.9. The summed E-state index contributed by atoms with van der Waals surface area (Å²) in [6.45, 7) is 1.34. The molecule has 2 aromatic carbocycles. The molecule has 4 amide bonds. The van der Waals surface area contributed by atoms with E-state index in [1.54, 1.807) is 0 Å². The molecule has 0 unspecified atom stereocenters. The zero-order valence-corrected chi connectivity index (χ0v) is 12.6. The van der Waals surface area contributed by atoms with Crippen molar-refractivity contribution >= 4 is 23.4 Å². The predicted octanol–water partition coefficient (Wildman–Crippen LogP) is 2.69. The molecule has 23 heavy (non-hydrogen) atoms. The molecular weight excluding hydrogens is 292 g/mol. The highest BCUT2D eigenvalue weighted by atomic mass is 16.2. The lowest BCUT2D eigenvalue weighted by Gasteiger charge is -2.17. The summed E-state index contributed by atoms with van der Waals surface area (Å²) in [6, 6.07) is 15.4. The van der Waals surface area contributed by atoms with Gasteiger partial charge in [0.05, 0.1) is 0 Å². The standard InChI is InChI=1S/C9H10N2O.C8H8N2O/c12-9-10-6-5-7-3-1-2-4-8(7)11-9;11-8-9-5-6-3-1-2-4-7(6)10-8/h1-4H,5-6H2,(H2,10,11,12);1-4H,5H2,(H2,9,10,11). The molecule has 0 saturated heterocycles. The second-order valence-electron chi connectivity index (χ2n) is 5.25. The molecule has 2 heterocycles. The molecule has 0 fully saturated rings. The van der Waals surface area contributed by atoms with Crippen LogP contribution in [-0.2, 0) is 13.0 Å². The van der Waals surface area contributed by atoms with Crippen LogP contribution >= 0.6 is 0 Å². The normalized spacial score (nSPS) is 15.1. The maximum Gasteiger partial charge on any atom is 0.319 e. The second kappa shape index (κ2) is 6.83. The van der Waals surface area contributed by atoms with Crippen molar-refractivity contribution in [3.8, 4) is 0 Å². The summed E-state index contributed by atoms with van der Waals surface area (Å²) in [6.07, 6.45) is 0.898. The third-order valence-electron chi connectivity index (χ3n) is 3.65. The van der Waals surface area contributed by atoms with Crippen LogP contribution in [0.4, 0.5) is 21.0 Å². The van der Waals surface area contributed by atoms with Gasteiger partial charge in [0.1, 0.15) is 0 Å². The Bertz CT molecular complexity index is 730. The van der Waals surface area contributed by atoms with Crippen LogP contribution in [0.5, 0.6) is 0 Å². The minimum absolute atomic E-state index is 0.111. The second-order valence-corrected chi connectivity index (χ2v) is 5.25. The monoisotopic (exact) mass is 310 g/mol. The van der Waals surface area contributed by atoms with E-state index in [1.165, 1.54) is 5.56 Å². The molecule has 0 atom stereocenters. The average molecular weight is 310 g/mol. The van der Waals surface area contributed by atoms with Gasteiger partial charge in [0, 0.05) is 24.5 Å². The molecule has 0 saturated carbocycles. The number of carbonyl (C=O) groups excluding carboxylic acids is 2. The summed E-state index contributed by atoms with van der Waals surface area (Å²) < 4.78 is 0. The van der Waals surface area contributed by atoms with Crippen LogP contribution < -0.4 is 21.3 Å². The first-order chi connectivity index (χ1) is 11.2. The smallest absolute Gasteiger partial charge is 0.319 e. The van der Waals surface area contributed by atoms with Crippen LogP contribution in [0.25, 0.3) is 0 Å². The van der Waals surface area contributed by atoms with Crippen molar-refractivity contribution in [3.63, 3.8) is 0 Å². The van der Waals surface area contributed by atoms with Gasteiger partial charge in [-0.25, -0.2) is 9.59 Å². The van der Waals surface area contributed by atoms with Crippen molar-refractivity contribution in [2.24, 2.45) is 0 Å². The Morgan fingerprint density at radius 1 is 0.696 bits per heavy atom. The molecule has 6 heteroatoms. The quantitative estimate of drug-likeness (QED) is 0.603. The van der Waals surface area contributed by atoms with Crippen molar-refractivity contribution in [1.29, 1.82) is 0 Å². The Labute approximate surface area is 134 Å². The SMILES string of the molecule is O=C1NCCc2ccccc2N1.O=C1NCc2ccccc2N1. The lowest BCUT2D eigenvalue weighted by atomic mass is 10.1. The molecule has 6 nitrogen and oxygen atoms in total. The number of benzene rings is 2. The zero-order chi connectivity index (χ0) is 16.1. The van der Waals surface area contributed by atoms with Gasteiger partial charge in [0.2, 0.25) is 0 Å². The van der Waals surface area contributed by atoms with Crippen LogP contribution in [0.15, 0.2) is 48.5 Å².